The maximum Gasteiger partial charge on any atom is 0.234 e. The third-order valence-corrected chi connectivity index (χ3v) is 5.24. The molecule has 1 unspecified atom stereocenters. The minimum Gasteiger partial charge on any atom is -0.481 e. The van der Waals surface area contributed by atoms with Gasteiger partial charge in [0.25, 0.3) is 0 Å². The minimum absolute atomic E-state index is 0.261. The van der Waals surface area contributed by atoms with Crippen molar-refractivity contribution in [3.63, 3.8) is 0 Å². The Hall–Kier alpha value is -2.81. The van der Waals surface area contributed by atoms with E-state index in [1.165, 1.54) is 6.42 Å². The van der Waals surface area contributed by atoms with Gasteiger partial charge in [-0.15, -0.1) is 0 Å². The van der Waals surface area contributed by atoms with Crippen molar-refractivity contribution in [1.82, 2.24) is 15.3 Å². The first-order valence-electron chi connectivity index (χ1n) is 9.72. The van der Waals surface area contributed by atoms with E-state index in [0.717, 1.165) is 42.4 Å². The fourth-order valence-electron chi connectivity index (χ4n) is 3.51. The van der Waals surface area contributed by atoms with E-state index in [1.54, 1.807) is 7.11 Å². The summed E-state index contributed by atoms with van der Waals surface area (Å²) in [4.78, 5) is 11.3. The molecule has 1 fully saturated rings. The third-order valence-electron chi connectivity index (χ3n) is 4.99. The molecule has 2 aliphatic rings. The highest BCUT2D eigenvalue weighted by Crippen LogP contribution is 2.32. The molecule has 0 spiro atoms. The maximum atomic E-state index is 5.42. The summed E-state index contributed by atoms with van der Waals surface area (Å²) in [6.07, 6.45) is 2.41. The quantitative estimate of drug-likeness (QED) is 0.716. The Labute approximate surface area is 175 Å². The summed E-state index contributed by atoms with van der Waals surface area (Å²) in [6.45, 7) is 5.03. The van der Waals surface area contributed by atoms with Crippen LogP contribution in [0.5, 0.6) is 17.4 Å². The van der Waals surface area contributed by atoms with Gasteiger partial charge in [-0.25, -0.2) is 0 Å². The Bertz CT molecular complexity index is 894. The largest absolute Gasteiger partial charge is 0.481 e. The number of anilines is 2. The first-order valence-corrected chi connectivity index (χ1v) is 10.1. The molecule has 9 heteroatoms. The Balaban J connectivity index is 1.40. The second-order valence-electron chi connectivity index (χ2n) is 7.28. The second-order valence-corrected chi connectivity index (χ2v) is 7.69. The zero-order valence-corrected chi connectivity index (χ0v) is 17.4. The highest BCUT2D eigenvalue weighted by molar-refractivity contribution is 7.80. The first-order chi connectivity index (χ1) is 14.1. The van der Waals surface area contributed by atoms with E-state index in [0.29, 0.717) is 29.4 Å². The van der Waals surface area contributed by atoms with Crippen LogP contribution in [-0.2, 0) is 6.54 Å². The van der Waals surface area contributed by atoms with Gasteiger partial charge >= 0.3 is 0 Å². The van der Waals surface area contributed by atoms with Crippen LogP contribution >= 0.6 is 12.2 Å². The molecule has 2 aliphatic heterocycles. The molecule has 3 heterocycles. The topological polar surface area (TPSA) is 80.8 Å². The number of piperidine rings is 1. The zero-order valence-electron chi connectivity index (χ0n) is 16.6. The van der Waals surface area contributed by atoms with Gasteiger partial charge in [0.2, 0.25) is 18.6 Å². The molecule has 2 aromatic rings. The van der Waals surface area contributed by atoms with Crippen LogP contribution in [0.1, 0.15) is 25.3 Å². The van der Waals surface area contributed by atoms with E-state index in [1.807, 2.05) is 24.3 Å². The summed E-state index contributed by atoms with van der Waals surface area (Å²) < 4.78 is 16.1. The summed E-state index contributed by atoms with van der Waals surface area (Å²) in [7, 11) is 1.60. The molecule has 0 aliphatic carbocycles. The summed E-state index contributed by atoms with van der Waals surface area (Å²) in [6, 6.07) is 7.68. The number of thiocarbonyl (C=S) groups is 1. The van der Waals surface area contributed by atoms with Crippen molar-refractivity contribution in [3.8, 4) is 17.4 Å². The van der Waals surface area contributed by atoms with Crippen molar-refractivity contribution in [2.75, 3.05) is 37.2 Å². The number of benzene rings is 1. The zero-order chi connectivity index (χ0) is 20.2. The molecular formula is C20H25N5O3S. The predicted octanol–water partition coefficient (Wildman–Crippen LogP) is 2.94. The van der Waals surface area contributed by atoms with Gasteiger partial charge < -0.3 is 29.7 Å². The lowest BCUT2D eigenvalue weighted by molar-refractivity contribution is 0.174. The first kappa shape index (κ1) is 19.5. The molecule has 1 atom stereocenters. The summed E-state index contributed by atoms with van der Waals surface area (Å²) in [5.74, 6) is 3.93. The van der Waals surface area contributed by atoms with Crippen molar-refractivity contribution in [2.24, 2.45) is 5.92 Å². The molecule has 1 aromatic carbocycles. The third kappa shape index (κ3) is 4.79. The Kier molecular flexibility index (Phi) is 5.84. The summed E-state index contributed by atoms with van der Waals surface area (Å²) in [5, 5.41) is 6.68. The lowest BCUT2D eigenvalue weighted by atomic mass is 10.0. The van der Waals surface area contributed by atoms with Gasteiger partial charge in [0.1, 0.15) is 5.82 Å². The van der Waals surface area contributed by atoms with Crippen LogP contribution in [0.25, 0.3) is 0 Å². The van der Waals surface area contributed by atoms with E-state index >= 15 is 0 Å². The molecule has 154 valence electrons. The van der Waals surface area contributed by atoms with E-state index < -0.39 is 0 Å². The maximum absolute atomic E-state index is 5.42. The van der Waals surface area contributed by atoms with Crippen molar-refractivity contribution in [2.45, 2.75) is 26.3 Å². The fourth-order valence-corrected chi connectivity index (χ4v) is 3.68. The number of hydrogen-bond donors (Lipinski definition) is 2. The van der Waals surface area contributed by atoms with E-state index in [-0.39, 0.29) is 6.79 Å². The number of methoxy groups -OCH3 is 1. The molecule has 1 aromatic heterocycles. The molecule has 4 rings (SSSR count). The number of nitrogens with zero attached hydrogens (tertiary/aromatic N) is 3. The predicted molar refractivity (Wildman–Crippen MR) is 115 cm³/mol. The number of hydrogen-bond acceptors (Lipinski definition) is 7. The molecule has 0 amide bonds. The Morgan fingerprint density at radius 2 is 2.14 bits per heavy atom. The van der Waals surface area contributed by atoms with Crippen molar-refractivity contribution >= 4 is 29.1 Å². The minimum atomic E-state index is 0.261. The van der Waals surface area contributed by atoms with Crippen LogP contribution in [0, 0.1) is 5.92 Å². The smallest absolute Gasteiger partial charge is 0.234 e. The lowest BCUT2D eigenvalue weighted by Gasteiger charge is -2.32. The molecule has 0 radical (unpaired) electrons. The molecule has 29 heavy (non-hydrogen) atoms. The monoisotopic (exact) mass is 415 g/mol. The van der Waals surface area contributed by atoms with Crippen molar-refractivity contribution in [3.05, 3.63) is 29.8 Å². The van der Waals surface area contributed by atoms with Gasteiger partial charge in [-0.3, -0.25) is 0 Å². The van der Waals surface area contributed by atoms with Gasteiger partial charge in [-0.1, -0.05) is 13.0 Å². The van der Waals surface area contributed by atoms with Gasteiger partial charge in [-0.05, 0) is 48.7 Å². The highest BCUT2D eigenvalue weighted by Gasteiger charge is 2.19. The van der Waals surface area contributed by atoms with Gasteiger partial charge in [0.15, 0.2) is 16.6 Å². The summed E-state index contributed by atoms with van der Waals surface area (Å²) in [5.41, 5.74) is 1.04. The normalized spacial score (nSPS) is 17.7. The molecule has 0 saturated carbocycles. The highest BCUT2D eigenvalue weighted by atomic mass is 32.1. The van der Waals surface area contributed by atoms with Crippen LogP contribution in [0.4, 0.5) is 11.8 Å². The number of ether oxygens (including phenoxy) is 3. The van der Waals surface area contributed by atoms with Gasteiger partial charge in [-0.2, -0.15) is 9.97 Å². The van der Waals surface area contributed by atoms with E-state index in [2.05, 4.69) is 32.4 Å². The Morgan fingerprint density at radius 3 is 2.97 bits per heavy atom. The standard InChI is InChI=1S/C20H25N5O3S/c1-13-4-3-7-25(11-13)17-9-18(26-2)23-19(22-17)24-20(29)21-10-14-5-6-15-16(8-14)28-12-27-15/h5-6,8-9,13H,3-4,7,10-12H2,1-2H3,(H2,21,22,23,24,29). The molecular weight excluding hydrogens is 390 g/mol. The van der Waals surface area contributed by atoms with Crippen molar-refractivity contribution in [1.29, 1.82) is 0 Å². The van der Waals surface area contributed by atoms with Gasteiger partial charge in [0, 0.05) is 25.7 Å². The van der Waals surface area contributed by atoms with Crippen LogP contribution in [0.3, 0.4) is 0 Å². The van der Waals surface area contributed by atoms with Crippen LogP contribution in [0.15, 0.2) is 24.3 Å². The number of fused-ring (bicyclic) bond motifs is 1. The van der Waals surface area contributed by atoms with E-state index in [4.69, 9.17) is 26.4 Å². The Morgan fingerprint density at radius 1 is 1.28 bits per heavy atom. The van der Waals surface area contributed by atoms with Crippen LogP contribution in [0.2, 0.25) is 0 Å². The number of aromatic nitrogens is 2. The van der Waals surface area contributed by atoms with Crippen LogP contribution < -0.4 is 29.7 Å². The average Bonchev–Trinajstić information content (AvgIpc) is 3.20. The molecule has 1 saturated heterocycles. The average molecular weight is 416 g/mol. The van der Waals surface area contributed by atoms with Crippen molar-refractivity contribution < 1.29 is 14.2 Å². The second kappa shape index (κ2) is 8.69. The SMILES string of the molecule is COc1cc(N2CCCC(C)C2)nc(NC(=S)NCc2ccc3c(c2)OCO3)n1. The summed E-state index contributed by atoms with van der Waals surface area (Å²) >= 11 is 5.42. The lowest BCUT2D eigenvalue weighted by Crippen LogP contribution is -2.35. The van der Waals surface area contributed by atoms with E-state index in [9.17, 15) is 0 Å². The van der Waals surface area contributed by atoms with Gasteiger partial charge in [0.05, 0.1) is 7.11 Å². The fraction of sp³-hybridized carbons (Fsp3) is 0.450. The molecule has 2 N–H and O–H groups in total. The van der Waals surface area contributed by atoms with Crippen LogP contribution in [-0.4, -0.2) is 42.1 Å². The molecule has 8 nitrogen and oxygen atoms in total. The molecule has 0 bridgehead atoms. The number of nitrogens with one attached hydrogen (secondary N) is 2. The number of rotatable bonds is 5.